The van der Waals surface area contributed by atoms with Gasteiger partial charge in [0.05, 0.1) is 38.3 Å². The molecule has 0 amide bonds. The minimum Gasteiger partial charge on any atom is -0.466 e. The first kappa shape index (κ1) is 57.5. The Balaban J connectivity index is 0.650. The molecule has 8 aliphatic carbocycles. The van der Waals surface area contributed by atoms with Crippen LogP contribution in [0.2, 0.25) is 0 Å². The Morgan fingerprint density at radius 1 is 0.632 bits per heavy atom. The molecular formula is C59H79FO16. The largest absolute Gasteiger partial charge is 0.466 e. The topological polar surface area (TPSA) is 254 Å². The Hall–Kier alpha value is -4.71. The highest BCUT2D eigenvalue weighted by Crippen LogP contribution is 2.71. The van der Waals surface area contributed by atoms with Crippen LogP contribution >= 0.6 is 0 Å². The predicted molar refractivity (Wildman–Crippen MR) is 271 cm³/mol. The number of halogens is 1. The number of hydrogen-bond acceptors (Lipinski definition) is 16. The number of allylic oxidation sites excluding steroid dienone is 8. The van der Waals surface area contributed by atoms with Crippen LogP contribution in [0.5, 0.6) is 0 Å². The molecule has 15 atom stereocenters. The maximum absolute atomic E-state index is 17.5. The smallest absolute Gasteiger partial charge is 0.306 e. The van der Waals surface area contributed by atoms with Crippen molar-refractivity contribution in [3.8, 4) is 0 Å². The summed E-state index contributed by atoms with van der Waals surface area (Å²) in [7, 11) is 0. The van der Waals surface area contributed by atoms with Crippen molar-refractivity contribution in [3.05, 3.63) is 47.6 Å². The van der Waals surface area contributed by atoms with E-state index < -0.39 is 117 Å². The normalized spacial score (nSPS) is 39.7. The summed E-state index contributed by atoms with van der Waals surface area (Å²) in [4.78, 5) is 102. The average Bonchev–Trinajstić information content (AvgIpc) is 3.78. The van der Waals surface area contributed by atoms with Crippen LogP contribution in [0.4, 0.5) is 4.39 Å². The molecule has 0 aromatic heterocycles. The highest BCUT2D eigenvalue weighted by molar-refractivity contribution is 6.02. The van der Waals surface area contributed by atoms with Crippen molar-refractivity contribution in [3.63, 3.8) is 0 Å². The minimum absolute atomic E-state index is 0.00414. The van der Waals surface area contributed by atoms with Crippen molar-refractivity contribution >= 4 is 47.0 Å². The van der Waals surface area contributed by atoms with Crippen LogP contribution in [0.15, 0.2) is 47.6 Å². The van der Waals surface area contributed by atoms with Gasteiger partial charge >= 0.3 is 23.9 Å². The summed E-state index contributed by atoms with van der Waals surface area (Å²) in [5.74, 6) is -5.89. The van der Waals surface area contributed by atoms with Crippen LogP contribution in [0, 0.1) is 57.2 Å². The van der Waals surface area contributed by atoms with Crippen molar-refractivity contribution in [1.82, 2.24) is 0 Å². The molecular weight excluding hydrogens is 984 g/mol. The van der Waals surface area contributed by atoms with Gasteiger partial charge in [0.25, 0.3) is 0 Å². The van der Waals surface area contributed by atoms with Crippen LogP contribution < -0.4 is 0 Å². The first-order valence-corrected chi connectivity index (χ1v) is 27.9. The van der Waals surface area contributed by atoms with Crippen molar-refractivity contribution < 1.29 is 82.1 Å². The van der Waals surface area contributed by atoms with Gasteiger partial charge in [0.1, 0.15) is 11.2 Å². The maximum Gasteiger partial charge on any atom is 0.306 e. The number of aliphatic hydroxyl groups is 4. The molecule has 76 heavy (non-hydrogen) atoms. The van der Waals surface area contributed by atoms with Gasteiger partial charge in [-0.15, -0.1) is 0 Å². The molecule has 6 fully saturated rings. The van der Waals surface area contributed by atoms with Gasteiger partial charge in [0, 0.05) is 46.3 Å². The van der Waals surface area contributed by atoms with Crippen LogP contribution in [0.25, 0.3) is 0 Å². The Morgan fingerprint density at radius 3 is 1.83 bits per heavy atom. The summed E-state index contributed by atoms with van der Waals surface area (Å²) < 4.78 is 38.6. The molecule has 5 unspecified atom stereocenters. The molecule has 418 valence electrons. The Kier molecular flexibility index (Phi) is 16.5. The molecule has 0 spiro atoms. The van der Waals surface area contributed by atoms with Gasteiger partial charge in [-0.3, -0.25) is 38.4 Å². The van der Waals surface area contributed by atoms with E-state index in [2.05, 4.69) is 6.92 Å². The fraction of sp³-hybridized carbons (Fsp3) is 0.729. The van der Waals surface area contributed by atoms with E-state index in [9.17, 15) is 58.8 Å². The number of unbranched alkanes of at least 4 members (excludes halogenated alkanes) is 4. The highest BCUT2D eigenvalue weighted by atomic mass is 19.1. The third-order valence-corrected chi connectivity index (χ3v) is 20.6. The molecule has 0 heterocycles. The second-order valence-corrected chi connectivity index (χ2v) is 24.5. The molecule has 16 nitrogen and oxygen atoms in total. The van der Waals surface area contributed by atoms with E-state index in [1.165, 1.54) is 12.2 Å². The van der Waals surface area contributed by atoms with Crippen molar-refractivity contribution in [2.75, 3.05) is 26.4 Å². The van der Waals surface area contributed by atoms with E-state index in [1.54, 1.807) is 39.0 Å². The van der Waals surface area contributed by atoms with Crippen LogP contribution in [0.1, 0.15) is 157 Å². The third kappa shape index (κ3) is 9.83. The zero-order valence-electron chi connectivity index (χ0n) is 44.9. The van der Waals surface area contributed by atoms with Gasteiger partial charge in [-0.25, -0.2) is 4.39 Å². The van der Waals surface area contributed by atoms with Gasteiger partial charge in [0.2, 0.25) is 11.6 Å². The lowest BCUT2D eigenvalue weighted by Crippen LogP contribution is -2.69. The number of fused-ring (bicyclic) bond motifs is 10. The van der Waals surface area contributed by atoms with Gasteiger partial charge in [-0.05, 0) is 151 Å². The summed E-state index contributed by atoms with van der Waals surface area (Å²) >= 11 is 0. The predicted octanol–water partition coefficient (Wildman–Crippen LogP) is 6.56. The number of carbonyl (C=O) groups excluding carboxylic acids is 8. The number of esters is 4. The Bertz CT molecular complexity index is 2480. The molecule has 0 aliphatic heterocycles. The average molecular weight is 1060 g/mol. The molecule has 0 bridgehead atoms. The van der Waals surface area contributed by atoms with E-state index in [0.29, 0.717) is 76.2 Å². The Labute approximate surface area is 444 Å². The fourth-order valence-electron chi connectivity index (χ4n) is 16.4. The van der Waals surface area contributed by atoms with E-state index in [0.717, 1.165) is 12.0 Å². The number of hydrogen-bond donors (Lipinski definition) is 4. The van der Waals surface area contributed by atoms with Crippen molar-refractivity contribution in [2.45, 2.75) is 186 Å². The molecule has 8 aliphatic rings. The standard InChI is InChI=1S/C59H79FO16/c1-35-28-43-42-17-15-37-30-39(62)21-24-54(37,3)58(42,60)45(64)32-56(43,5)59(35,72)47(66)34-76-49(68)13-9-7-10-26-73-48(67)12-8-6-11-27-74-50(69)18-19-51(70)75-33-46(65)57(71)25-22-41-40-16-14-36-29-38(61)20-23-53(36,2)52(40)44(63)31-55(41,57)4/h20-21,23-24,29-30,35,40-45,52,63-64,71-72H,6-19,22,25-28,31-34H2,1-5H3/t35-,40?,41?,42?,43?,44+,45+,52?,53+,54+,55+,56+,57+,58+,59+/m1/s1. The second kappa shape index (κ2) is 21.8. The number of Topliss-reactive ketones (excluding diaryl/α,β-unsaturated/α-hetero) is 2. The van der Waals surface area contributed by atoms with E-state index in [4.69, 9.17) is 18.9 Å². The minimum atomic E-state index is -2.10. The van der Waals surface area contributed by atoms with Crippen molar-refractivity contribution in [2.24, 2.45) is 57.2 Å². The van der Waals surface area contributed by atoms with Gasteiger partial charge in [-0.1, -0.05) is 51.0 Å². The SMILES string of the molecule is C[C@@H]1CC2C3CCC4=CC(=O)C=C[C@]4(C)[C@@]3(F)[C@@H](O)C[C@]2(C)[C@@]1(O)C(=O)COC(=O)CCCCCOC(=O)CCCCCOC(=O)CCC(=O)OCC(=O)[C@@]1(O)CCC2C3CCC4=CC(=O)C=C[C@]4(C)C3[C@@H](O)C[C@@]21C. The van der Waals surface area contributed by atoms with Gasteiger partial charge in [0.15, 0.2) is 30.4 Å². The first-order chi connectivity index (χ1) is 35.8. The number of alkyl halides is 1. The quantitative estimate of drug-likeness (QED) is 0.0540. The van der Waals surface area contributed by atoms with Gasteiger partial charge in [-0.2, -0.15) is 0 Å². The number of aliphatic hydroxyl groups excluding tert-OH is 2. The van der Waals surface area contributed by atoms with Crippen LogP contribution in [-0.2, 0) is 57.3 Å². The Morgan fingerprint density at radius 2 is 1.18 bits per heavy atom. The summed E-state index contributed by atoms with van der Waals surface area (Å²) in [5.41, 5.74) is -8.01. The number of ketones is 4. The maximum atomic E-state index is 17.5. The van der Waals surface area contributed by atoms with Crippen LogP contribution in [0.3, 0.4) is 0 Å². The fourth-order valence-corrected chi connectivity index (χ4v) is 16.4. The lowest BCUT2D eigenvalue weighted by molar-refractivity contribution is -0.220. The number of carbonyl (C=O) groups is 8. The lowest BCUT2D eigenvalue weighted by atomic mass is 9.44. The zero-order valence-corrected chi connectivity index (χ0v) is 44.9. The lowest BCUT2D eigenvalue weighted by Gasteiger charge is -2.62. The van der Waals surface area contributed by atoms with Crippen molar-refractivity contribution in [1.29, 1.82) is 0 Å². The summed E-state index contributed by atoms with van der Waals surface area (Å²) in [6, 6.07) is 0. The van der Waals surface area contributed by atoms with E-state index >= 15 is 4.39 Å². The third-order valence-electron chi connectivity index (χ3n) is 20.6. The summed E-state index contributed by atoms with van der Waals surface area (Å²) in [5, 5.41) is 47.2. The molecule has 0 aromatic carbocycles. The summed E-state index contributed by atoms with van der Waals surface area (Å²) in [6.07, 6.45) is 13.1. The zero-order chi connectivity index (χ0) is 55.2. The molecule has 0 saturated heterocycles. The van der Waals surface area contributed by atoms with E-state index in [1.807, 2.05) is 13.0 Å². The van der Waals surface area contributed by atoms with E-state index in [-0.39, 0.29) is 87.5 Å². The number of rotatable bonds is 21. The monoisotopic (exact) mass is 1060 g/mol. The molecule has 4 N–H and O–H groups in total. The molecule has 0 radical (unpaired) electrons. The first-order valence-electron chi connectivity index (χ1n) is 27.9. The molecule has 0 aromatic rings. The second-order valence-electron chi connectivity index (χ2n) is 24.5. The molecule has 17 heteroatoms. The molecule has 8 rings (SSSR count). The van der Waals surface area contributed by atoms with Crippen LogP contribution in [-0.4, -0.2) is 123 Å². The molecule has 6 saturated carbocycles. The summed E-state index contributed by atoms with van der Waals surface area (Å²) in [6.45, 7) is 7.99. The highest BCUT2D eigenvalue weighted by Gasteiger charge is 2.76. The van der Waals surface area contributed by atoms with Gasteiger partial charge < -0.3 is 39.4 Å². The number of ether oxygens (including phenoxy) is 4.